The van der Waals surface area contributed by atoms with Gasteiger partial charge in [-0.3, -0.25) is 4.79 Å². The number of rotatable bonds is 5. The molecule has 0 unspecified atom stereocenters. The summed E-state index contributed by atoms with van der Waals surface area (Å²) < 4.78 is 18.2. The summed E-state index contributed by atoms with van der Waals surface area (Å²) in [5, 5.41) is 2.23. The van der Waals surface area contributed by atoms with E-state index in [0.29, 0.717) is 6.41 Å². The van der Waals surface area contributed by atoms with Gasteiger partial charge in [-0.1, -0.05) is 30.3 Å². The highest BCUT2D eigenvalue weighted by Gasteiger charge is 2.08. The number of anilines is 1. The van der Waals surface area contributed by atoms with Crippen molar-refractivity contribution in [3.63, 3.8) is 0 Å². The second-order valence-corrected chi connectivity index (χ2v) is 3.38. The minimum absolute atomic E-state index is 0.0408. The number of amides is 1. The van der Waals surface area contributed by atoms with Gasteiger partial charge in [-0.2, -0.15) is 9.37 Å². The normalized spacial score (nSPS) is 9.83. The van der Waals surface area contributed by atoms with Crippen LogP contribution in [-0.4, -0.2) is 16.4 Å². The summed E-state index contributed by atoms with van der Waals surface area (Å²) in [4.78, 5) is 17.6. The maximum absolute atomic E-state index is 12.8. The fraction of sp³-hybridized carbons (Fsp3) is 0.0833. The lowest BCUT2D eigenvalue weighted by molar-refractivity contribution is -0.105. The molecule has 0 aliphatic carbocycles. The second kappa shape index (κ2) is 5.72. The van der Waals surface area contributed by atoms with E-state index in [1.807, 2.05) is 30.3 Å². The molecule has 2 aromatic rings. The number of nitrogens with zero attached hydrogens (tertiary/aromatic N) is 2. The maximum atomic E-state index is 12.8. The Labute approximate surface area is 103 Å². The zero-order valence-electron chi connectivity index (χ0n) is 9.34. The number of hydrogen-bond acceptors (Lipinski definition) is 4. The Balaban J connectivity index is 2.11. The van der Waals surface area contributed by atoms with Crippen LogP contribution in [-0.2, 0) is 11.4 Å². The Kier molecular flexibility index (Phi) is 3.80. The number of carbonyl (C=O) groups is 1. The molecule has 5 nitrogen and oxygen atoms in total. The number of ether oxygens (including phenoxy) is 1. The SMILES string of the molecule is O=CNc1nc(F)cnc1OCc1ccccc1. The van der Waals surface area contributed by atoms with Gasteiger partial charge in [0.05, 0.1) is 6.20 Å². The Morgan fingerprint density at radius 3 is 2.83 bits per heavy atom. The van der Waals surface area contributed by atoms with E-state index in [1.165, 1.54) is 0 Å². The van der Waals surface area contributed by atoms with E-state index in [0.717, 1.165) is 11.8 Å². The van der Waals surface area contributed by atoms with E-state index in [9.17, 15) is 9.18 Å². The van der Waals surface area contributed by atoms with E-state index in [4.69, 9.17) is 4.74 Å². The standard InChI is InChI=1S/C12H10FN3O2/c13-10-6-14-12(11(16-10)15-8-17)18-7-9-4-2-1-3-5-9/h1-6,8H,7H2,(H,15,16,17). The highest BCUT2D eigenvalue weighted by atomic mass is 19.1. The molecule has 0 bridgehead atoms. The van der Waals surface area contributed by atoms with Crippen molar-refractivity contribution in [1.82, 2.24) is 9.97 Å². The zero-order valence-corrected chi connectivity index (χ0v) is 9.34. The van der Waals surface area contributed by atoms with Gasteiger partial charge in [-0.15, -0.1) is 0 Å². The fourth-order valence-corrected chi connectivity index (χ4v) is 1.34. The van der Waals surface area contributed by atoms with Crippen LogP contribution >= 0.6 is 0 Å². The van der Waals surface area contributed by atoms with Gasteiger partial charge in [0, 0.05) is 0 Å². The first-order valence-electron chi connectivity index (χ1n) is 5.19. The van der Waals surface area contributed by atoms with E-state index >= 15 is 0 Å². The van der Waals surface area contributed by atoms with Crippen molar-refractivity contribution in [1.29, 1.82) is 0 Å². The number of aromatic nitrogens is 2. The lowest BCUT2D eigenvalue weighted by Crippen LogP contribution is -2.05. The third-order valence-electron chi connectivity index (χ3n) is 2.12. The first-order chi connectivity index (χ1) is 8.79. The summed E-state index contributed by atoms with van der Waals surface area (Å²) in [7, 11) is 0. The smallest absolute Gasteiger partial charge is 0.258 e. The molecule has 0 atom stereocenters. The molecular weight excluding hydrogens is 237 g/mol. The molecule has 0 radical (unpaired) electrons. The largest absolute Gasteiger partial charge is 0.470 e. The molecule has 92 valence electrons. The fourth-order valence-electron chi connectivity index (χ4n) is 1.34. The Morgan fingerprint density at radius 2 is 2.11 bits per heavy atom. The number of benzene rings is 1. The lowest BCUT2D eigenvalue weighted by atomic mass is 10.2. The van der Waals surface area contributed by atoms with E-state index < -0.39 is 5.95 Å². The molecule has 1 aromatic carbocycles. The van der Waals surface area contributed by atoms with Crippen LogP contribution in [0.1, 0.15) is 5.56 Å². The van der Waals surface area contributed by atoms with Gasteiger partial charge in [-0.25, -0.2) is 4.98 Å². The molecule has 1 aromatic heterocycles. The van der Waals surface area contributed by atoms with E-state index in [2.05, 4.69) is 15.3 Å². The predicted molar refractivity (Wildman–Crippen MR) is 62.5 cm³/mol. The van der Waals surface area contributed by atoms with Crippen LogP contribution in [0.4, 0.5) is 10.2 Å². The van der Waals surface area contributed by atoms with Crippen LogP contribution < -0.4 is 10.1 Å². The number of halogens is 1. The Bertz CT molecular complexity index is 534. The minimum Gasteiger partial charge on any atom is -0.470 e. The van der Waals surface area contributed by atoms with Crippen LogP contribution in [0.5, 0.6) is 5.88 Å². The number of hydrogen-bond donors (Lipinski definition) is 1. The highest BCUT2D eigenvalue weighted by Crippen LogP contribution is 2.19. The molecule has 0 aliphatic rings. The minimum atomic E-state index is -0.786. The topological polar surface area (TPSA) is 64.1 Å². The third-order valence-corrected chi connectivity index (χ3v) is 2.12. The summed E-state index contributed by atoms with van der Waals surface area (Å²) >= 11 is 0. The van der Waals surface area contributed by atoms with Crippen molar-refractivity contribution in [3.8, 4) is 5.88 Å². The average molecular weight is 247 g/mol. The van der Waals surface area contributed by atoms with Crippen LogP contribution in [0.15, 0.2) is 36.5 Å². The van der Waals surface area contributed by atoms with Crippen LogP contribution in [0.3, 0.4) is 0 Å². The van der Waals surface area contributed by atoms with E-state index in [1.54, 1.807) is 0 Å². The highest BCUT2D eigenvalue weighted by molar-refractivity contribution is 5.71. The molecule has 0 aliphatic heterocycles. The third kappa shape index (κ3) is 3.00. The monoisotopic (exact) mass is 247 g/mol. The van der Waals surface area contributed by atoms with Crippen LogP contribution in [0.25, 0.3) is 0 Å². The molecule has 1 amide bonds. The van der Waals surface area contributed by atoms with Gasteiger partial charge >= 0.3 is 0 Å². The van der Waals surface area contributed by atoms with Crippen LogP contribution in [0.2, 0.25) is 0 Å². The van der Waals surface area contributed by atoms with Gasteiger partial charge in [0.15, 0.2) is 5.82 Å². The average Bonchev–Trinajstić information content (AvgIpc) is 2.39. The van der Waals surface area contributed by atoms with Crippen molar-refractivity contribution in [2.24, 2.45) is 0 Å². The van der Waals surface area contributed by atoms with Gasteiger partial charge in [-0.05, 0) is 5.56 Å². The molecule has 6 heteroatoms. The molecular formula is C12H10FN3O2. The molecule has 0 saturated carbocycles. The van der Waals surface area contributed by atoms with Gasteiger partial charge < -0.3 is 10.1 Å². The number of nitrogens with one attached hydrogen (secondary N) is 1. The summed E-state index contributed by atoms with van der Waals surface area (Å²) in [6.07, 6.45) is 1.31. The van der Waals surface area contributed by atoms with Crippen molar-refractivity contribution < 1.29 is 13.9 Å². The molecule has 0 saturated heterocycles. The first-order valence-corrected chi connectivity index (χ1v) is 5.19. The Hall–Kier alpha value is -2.50. The maximum Gasteiger partial charge on any atom is 0.258 e. The summed E-state index contributed by atoms with van der Waals surface area (Å²) in [5.74, 6) is -0.750. The van der Waals surface area contributed by atoms with Crippen LogP contribution in [0, 0.1) is 5.95 Å². The van der Waals surface area contributed by atoms with Crippen molar-refractivity contribution in [2.75, 3.05) is 5.32 Å². The molecule has 18 heavy (non-hydrogen) atoms. The summed E-state index contributed by atoms with van der Waals surface area (Å²) in [6.45, 7) is 0.259. The molecule has 1 heterocycles. The summed E-state index contributed by atoms with van der Waals surface area (Å²) in [5.41, 5.74) is 0.931. The molecule has 2 rings (SSSR count). The summed E-state index contributed by atoms with van der Waals surface area (Å²) in [6, 6.07) is 9.40. The zero-order chi connectivity index (χ0) is 12.8. The lowest BCUT2D eigenvalue weighted by Gasteiger charge is -2.08. The molecule has 0 fully saturated rings. The van der Waals surface area contributed by atoms with Gasteiger partial charge in [0.25, 0.3) is 5.88 Å². The first kappa shape index (κ1) is 12.0. The Morgan fingerprint density at radius 1 is 1.33 bits per heavy atom. The number of carbonyl (C=O) groups excluding carboxylic acids is 1. The van der Waals surface area contributed by atoms with Crippen molar-refractivity contribution in [2.45, 2.75) is 6.61 Å². The quantitative estimate of drug-likeness (QED) is 0.818. The second-order valence-electron chi connectivity index (χ2n) is 3.38. The van der Waals surface area contributed by atoms with Crippen molar-refractivity contribution >= 4 is 12.2 Å². The van der Waals surface area contributed by atoms with Crippen molar-refractivity contribution in [3.05, 3.63) is 48.0 Å². The predicted octanol–water partition coefficient (Wildman–Crippen LogP) is 1.76. The van der Waals surface area contributed by atoms with Gasteiger partial charge in [0.2, 0.25) is 12.4 Å². The molecule has 0 spiro atoms. The van der Waals surface area contributed by atoms with E-state index in [-0.39, 0.29) is 18.3 Å². The van der Waals surface area contributed by atoms with Gasteiger partial charge in [0.1, 0.15) is 6.61 Å². The molecule has 1 N–H and O–H groups in total.